The van der Waals surface area contributed by atoms with Crippen molar-refractivity contribution in [2.45, 2.75) is 86.0 Å². The molecular weight excluding hydrogens is 713 g/mol. The van der Waals surface area contributed by atoms with Crippen molar-refractivity contribution in [2.24, 2.45) is 26.4 Å². The van der Waals surface area contributed by atoms with Gasteiger partial charge < -0.3 is 9.47 Å². The van der Waals surface area contributed by atoms with Gasteiger partial charge in [0.15, 0.2) is 0 Å². The van der Waals surface area contributed by atoms with E-state index in [1.54, 1.807) is 0 Å². The Labute approximate surface area is 347 Å². The molecule has 0 heterocycles. The molecule has 0 aliphatic heterocycles. The molecule has 0 N–H and O–H groups in total. The topological polar surface area (TPSA) is 67.9 Å². The molecule has 0 bridgehead atoms. The Morgan fingerprint density at radius 3 is 1.14 bits per heavy atom. The van der Waals surface area contributed by atoms with Gasteiger partial charge in [-0.15, -0.1) is 0 Å². The molecule has 6 rings (SSSR count). The molecule has 6 aromatic carbocycles. The number of azo groups is 2. The maximum atomic E-state index is 5.96. The van der Waals surface area contributed by atoms with Crippen molar-refractivity contribution in [3.05, 3.63) is 157 Å². The molecule has 0 radical (unpaired) electrons. The Morgan fingerprint density at radius 1 is 0.397 bits per heavy atom. The molecule has 1 unspecified atom stereocenters. The lowest BCUT2D eigenvalue weighted by Gasteiger charge is -2.15. The first-order valence-electron chi connectivity index (χ1n) is 21.1. The van der Waals surface area contributed by atoms with E-state index in [0.29, 0.717) is 5.92 Å². The highest BCUT2D eigenvalue weighted by Gasteiger charge is 2.07. The summed E-state index contributed by atoms with van der Waals surface area (Å²) >= 11 is 0. The first-order chi connectivity index (χ1) is 28.4. The van der Waals surface area contributed by atoms with E-state index in [-0.39, 0.29) is 0 Å². The minimum atomic E-state index is 0.632. The summed E-state index contributed by atoms with van der Waals surface area (Å²) in [5.41, 5.74) is 10.6. The summed E-state index contributed by atoms with van der Waals surface area (Å²) in [5, 5.41) is 17.4. The fourth-order valence-corrected chi connectivity index (χ4v) is 6.21. The van der Waals surface area contributed by atoms with Crippen molar-refractivity contribution in [3.63, 3.8) is 0 Å². The molecule has 6 aromatic rings. The SMILES string of the molecule is CCCCC(CC)COc1ccc(N=Nc2ccc(-c3ccc(C)cc3)cc2)cc1.CCCCCCOc1ccc(N=Nc2ccc(-c3ccc(C)cc3)cc2)cc1. The molecule has 6 nitrogen and oxygen atoms in total. The number of ether oxygens (including phenoxy) is 2. The Hall–Kier alpha value is -5.88. The molecule has 300 valence electrons. The van der Waals surface area contributed by atoms with Crippen molar-refractivity contribution in [3.8, 4) is 33.8 Å². The van der Waals surface area contributed by atoms with Crippen molar-refractivity contribution in [1.82, 2.24) is 0 Å². The summed E-state index contributed by atoms with van der Waals surface area (Å²) in [6, 6.07) is 49.0. The van der Waals surface area contributed by atoms with Gasteiger partial charge in [0.05, 0.1) is 36.0 Å². The lowest BCUT2D eigenvalue weighted by Crippen LogP contribution is -2.11. The third-order valence-corrected chi connectivity index (χ3v) is 10.0. The van der Waals surface area contributed by atoms with Gasteiger partial charge in [-0.05, 0) is 128 Å². The highest BCUT2D eigenvalue weighted by Crippen LogP contribution is 2.27. The van der Waals surface area contributed by atoms with Crippen molar-refractivity contribution in [1.29, 1.82) is 0 Å². The standard InChI is InChI=1S/C27H32N2O.C25H28N2O/c1-4-6-7-22(5-2)20-30-27-18-16-26(17-19-27)29-28-25-14-12-24(13-15-25)23-10-8-21(3)9-11-23;1-3-4-5-6-19-28-25-17-15-24(16-18-25)27-26-23-13-11-22(12-14-23)21-9-7-20(2)8-10-21/h8-19,22H,4-7,20H2,1-3H3;7-18H,3-6,19H2,1-2H3. The minimum absolute atomic E-state index is 0.632. The van der Waals surface area contributed by atoms with Crippen LogP contribution in [0, 0.1) is 19.8 Å². The molecule has 1 atom stereocenters. The Kier molecular flexibility index (Phi) is 17.9. The van der Waals surface area contributed by atoms with Gasteiger partial charge in [0, 0.05) is 0 Å². The molecule has 0 amide bonds. The lowest BCUT2D eigenvalue weighted by atomic mass is 10.0. The number of benzene rings is 6. The molecule has 0 aliphatic rings. The molecular formula is C52H60N4O2. The highest BCUT2D eigenvalue weighted by molar-refractivity contribution is 5.66. The van der Waals surface area contributed by atoms with E-state index in [1.807, 2.05) is 72.8 Å². The monoisotopic (exact) mass is 772 g/mol. The maximum Gasteiger partial charge on any atom is 0.119 e. The summed E-state index contributed by atoms with van der Waals surface area (Å²) in [7, 11) is 0. The predicted octanol–water partition coefficient (Wildman–Crippen LogP) is 16.7. The number of hydrogen-bond donors (Lipinski definition) is 0. The number of nitrogens with zero attached hydrogens (tertiary/aromatic N) is 4. The Balaban J connectivity index is 0.000000221. The van der Waals surface area contributed by atoms with E-state index < -0.39 is 0 Å². The normalized spacial score (nSPS) is 11.7. The number of rotatable bonds is 19. The fourth-order valence-electron chi connectivity index (χ4n) is 6.21. The molecule has 0 aromatic heterocycles. The van der Waals surface area contributed by atoms with Crippen LogP contribution < -0.4 is 9.47 Å². The zero-order valence-electron chi connectivity index (χ0n) is 35.1. The van der Waals surface area contributed by atoms with E-state index in [1.165, 1.54) is 71.9 Å². The summed E-state index contributed by atoms with van der Waals surface area (Å²) < 4.78 is 11.7. The summed E-state index contributed by atoms with van der Waals surface area (Å²) in [6.45, 7) is 12.4. The third kappa shape index (κ3) is 14.9. The van der Waals surface area contributed by atoms with Crippen LogP contribution in [0.25, 0.3) is 22.3 Å². The summed E-state index contributed by atoms with van der Waals surface area (Å²) in [6.07, 6.45) is 9.76. The van der Waals surface area contributed by atoms with Crippen molar-refractivity contribution < 1.29 is 9.47 Å². The van der Waals surface area contributed by atoms with Crippen LogP contribution in [0.2, 0.25) is 0 Å². The van der Waals surface area contributed by atoms with Gasteiger partial charge in [-0.25, -0.2) is 0 Å². The van der Waals surface area contributed by atoms with E-state index >= 15 is 0 Å². The van der Waals surface area contributed by atoms with Gasteiger partial charge in [-0.1, -0.05) is 143 Å². The van der Waals surface area contributed by atoms with E-state index in [0.717, 1.165) is 60.3 Å². The second-order valence-corrected chi connectivity index (χ2v) is 14.9. The van der Waals surface area contributed by atoms with Crippen LogP contribution in [0.3, 0.4) is 0 Å². The molecule has 58 heavy (non-hydrogen) atoms. The zero-order chi connectivity index (χ0) is 40.8. The second kappa shape index (κ2) is 24.0. The van der Waals surface area contributed by atoms with E-state index in [2.05, 4.69) is 128 Å². The van der Waals surface area contributed by atoms with Crippen LogP contribution in [0.5, 0.6) is 11.5 Å². The Bertz CT molecular complexity index is 2090. The Morgan fingerprint density at radius 2 is 0.759 bits per heavy atom. The minimum Gasteiger partial charge on any atom is -0.494 e. The number of hydrogen-bond acceptors (Lipinski definition) is 6. The first kappa shape index (κ1) is 43.2. The van der Waals surface area contributed by atoms with E-state index in [9.17, 15) is 0 Å². The van der Waals surface area contributed by atoms with Crippen LogP contribution in [0.1, 0.15) is 83.3 Å². The van der Waals surface area contributed by atoms with Gasteiger partial charge in [-0.2, -0.15) is 20.5 Å². The number of aryl methyl sites for hydroxylation is 2. The van der Waals surface area contributed by atoms with Gasteiger partial charge in [0.2, 0.25) is 0 Å². The van der Waals surface area contributed by atoms with Gasteiger partial charge >= 0.3 is 0 Å². The maximum absolute atomic E-state index is 5.96. The average molecular weight is 773 g/mol. The second-order valence-electron chi connectivity index (χ2n) is 14.9. The zero-order valence-corrected chi connectivity index (χ0v) is 35.1. The lowest BCUT2D eigenvalue weighted by molar-refractivity contribution is 0.233. The molecule has 0 aliphatic carbocycles. The van der Waals surface area contributed by atoms with Crippen LogP contribution >= 0.6 is 0 Å². The smallest absolute Gasteiger partial charge is 0.119 e. The van der Waals surface area contributed by atoms with Gasteiger partial charge in [0.25, 0.3) is 0 Å². The van der Waals surface area contributed by atoms with Crippen LogP contribution in [-0.4, -0.2) is 13.2 Å². The van der Waals surface area contributed by atoms with Crippen LogP contribution in [0.15, 0.2) is 166 Å². The fraction of sp³-hybridized carbons (Fsp3) is 0.308. The van der Waals surface area contributed by atoms with Crippen LogP contribution in [-0.2, 0) is 0 Å². The quantitative estimate of drug-likeness (QED) is 0.0608. The predicted molar refractivity (Wildman–Crippen MR) is 243 cm³/mol. The number of unbranched alkanes of at least 4 members (excludes halogenated alkanes) is 4. The molecule has 0 spiro atoms. The largest absolute Gasteiger partial charge is 0.494 e. The van der Waals surface area contributed by atoms with Crippen LogP contribution in [0.4, 0.5) is 22.7 Å². The van der Waals surface area contributed by atoms with Gasteiger partial charge in [0.1, 0.15) is 11.5 Å². The molecule has 0 saturated carbocycles. The van der Waals surface area contributed by atoms with Crippen molar-refractivity contribution >= 4 is 22.7 Å². The summed E-state index contributed by atoms with van der Waals surface area (Å²) in [4.78, 5) is 0. The highest BCUT2D eigenvalue weighted by atomic mass is 16.5. The molecule has 0 fully saturated rings. The first-order valence-corrected chi connectivity index (χ1v) is 21.1. The summed E-state index contributed by atoms with van der Waals surface area (Å²) in [5.74, 6) is 2.41. The molecule has 0 saturated heterocycles. The van der Waals surface area contributed by atoms with Crippen molar-refractivity contribution in [2.75, 3.05) is 13.2 Å². The average Bonchev–Trinajstić information content (AvgIpc) is 3.27. The third-order valence-electron chi connectivity index (χ3n) is 10.0. The molecule has 6 heteroatoms. The van der Waals surface area contributed by atoms with E-state index in [4.69, 9.17) is 9.47 Å². The van der Waals surface area contributed by atoms with Gasteiger partial charge in [-0.3, -0.25) is 0 Å².